The Balaban J connectivity index is 1.88. The molecule has 3 aliphatic rings. The Morgan fingerprint density at radius 2 is 1.81 bits per heavy atom. The fourth-order valence-corrected chi connectivity index (χ4v) is 6.04. The summed E-state index contributed by atoms with van der Waals surface area (Å²) in [5.74, 6) is -0.667. The monoisotopic (exact) mass is 380 g/mol. The molecule has 7 nitrogen and oxygen atoms in total. The molecular formula is C20H28O7. The number of ether oxygens (including phenoxy) is 1. The van der Waals surface area contributed by atoms with E-state index in [1.807, 2.05) is 0 Å². The van der Waals surface area contributed by atoms with Crippen LogP contribution in [0.15, 0.2) is 23.0 Å². The van der Waals surface area contributed by atoms with Gasteiger partial charge in [0, 0.05) is 17.4 Å². The molecule has 3 fully saturated rings. The van der Waals surface area contributed by atoms with E-state index in [1.54, 1.807) is 19.9 Å². The van der Waals surface area contributed by atoms with Gasteiger partial charge in [-0.05, 0) is 45.6 Å². The third-order valence-electron chi connectivity index (χ3n) is 8.20. The topological polar surface area (TPSA) is 120 Å². The Hall–Kier alpha value is -1.41. The van der Waals surface area contributed by atoms with Crippen molar-refractivity contribution in [3.05, 3.63) is 24.2 Å². The maximum atomic E-state index is 13.3. The van der Waals surface area contributed by atoms with Crippen LogP contribution in [0.2, 0.25) is 0 Å². The van der Waals surface area contributed by atoms with Crippen LogP contribution in [0, 0.1) is 10.8 Å². The predicted molar refractivity (Wildman–Crippen MR) is 93.4 cm³/mol. The number of furan rings is 1. The maximum Gasteiger partial charge on any atom is 0.318 e. The van der Waals surface area contributed by atoms with Crippen molar-refractivity contribution in [1.29, 1.82) is 0 Å². The van der Waals surface area contributed by atoms with Gasteiger partial charge in [0.05, 0.1) is 35.4 Å². The number of aliphatic hydroxyl groups is 4. The standard InChI is InChI=1S/C20H28O7/c1-16-7-8-17(2,23)19(20(16,25)6-4-14(21)18(16,3)24)10-13(27-15(19)22)12-5-9-26-11-12/h5,9,11,13-14,21,23-25H,4,6-8,10H2,1-3H3. The van der Waals surface area contributed by atoms with E-state index >= 15 is 0 Å². The molecule has 1 spiro atoms. The van der Waals surface area contributed by atoms with Gasteiger partial charge in [-0.1, -0.05) is 6.92 Å². The molecule has 1 aromatic heterocycles. The first-order valence-corrected chi connectivity index (χ1v) is 9.51. The molecular weight excluding hydrogens is 352 g/mol. The Kier molecular flexibility index (Phi) is 3.75. The van der Waals surface area contributed by atoms with Crippen LogP contribution < -0.4 is 0 Å². The smallest absolute Gasteiger partial charge is 0.318 e. The Bertz CT molecular complexity index is 754. The van der Waals surface area contributed by atoms with Crippen LogP contribution in [-0.2, 0) is 9.53 Å². The molecule has 0 amide bonds. The van der Waals surface area contributed by atoms with E-state index in [0.29, 0.717) is 5.56 Å². The van der Waals surface area contributed by atoms with Gasteiger partial charge in [0.25, 0.3) is 0 Å². The first-order valence-electron chi connectivity index (χ1n) is 9.51. The first-order chi connectivity index (χ1) is 12.4. The number of carbonyl (C=O) groups is 1. The zero-order chi connectivity index (χ0) is 19.9. The van der Waals surface area contributed by atoms with E-state index in [0.717, 1.165) is 0 Å². The van der Waals surface area contributed by atoms with Gasteiger partial charge in [-0.25, -0.2) is 0 Å². The van der Waals surface area contributed by atoms with E-state index < -0.39 is 45.8 Å². The molecule has 7 unspecified atom stereocenters. The molecule has 0 aromatic carbocycles. The van der Waals surface area contributed by atoms with Gasteiger partial charge in [-0.2, -0.15) is 0 Å². The molecule has 1 aromatic rings. The number of carbonyl (C=O) groups excluding carboxylic acids is 1. The molecule has 150 valence electrons. The van der Waals surface area contributed by atoms with Crippen molar-refractivity contribution < 1.29 is 34.4 Å². The van der Waals surface area contributed by atoms with Gasteiger partial charge in [0.2, 0.25) is 0 Å². The average Bonchev–Trinajstić information content (AvgIpc) is 3.23. The summed E-state index contributed by atoms with van der Waals surface area (Å²) in [4.78, 5) is 13.3. The second kappa shape index (κ2) is 5.35. The highest BCUT2D eigenvalue weighted by atomic mass is 16.6. The molecule has 7 atom stereocenters. The molecule has 27 heavy (non-hydrogen) atoms. The number of cyclic esters (lactones) is 1. The van der Waals surface area contributed by atoms with Gasteiger partial charge in [-0.3, -0.25) is 4.79 Å². The molecule has 2 saturated carbocycles. The van der Waals surface area contributed by atoms with Crippen molar-refractivity contribution in [3.8, 4) is 0 Å². The number of fused-ring (bicyclic) bond motifs is 2. The fourth-order valence-electron chi connectivity index (χ4n) is 6.04. The summed E-state index contributed by atoms with van der Waals surface area (Å²) < 4.78 is 10.7. The third-order valence-corrected chi connectivity index (χ3v) is 8.20. The van der Waals surface area contributed by atoms with E-state index in [4.69, 9.17) is 9.15 Å². The summed E-state index contributed by atoms with van der Waals surface area (Å²) in [5, 5.41) is 44.9. The average molecular weight is 380 g/mol. The molecule has 4 N–H and O–H groups in total. The quantitative estimate of drug-likeness (QED) is 0.544. The lowest BCUT2D eigenvalue weighted by molar-refractivity contribution is -0.330. The van der Waals surface area contributed by atoms with E-state index in [1.165, 1.54) is 19.5 Å². The molecule has 2 aliphatic carbocycles. The minimum absolute atomic E-state index is 0.0800. The van der Waals surface area contributed by atoms with Crippen molar-refractivity contribution in [3.63, 3.8) is 0 Å². The maximum absolute atomic E-state index is 13.3. The Morgan fingerprint density at radius 1 is 1.11 bits per heavy atom. The van der Waals surface area contributed by atoms with Crippen molar-refractivity contribution in [1.82, 2.24) is 0 Å². The lowest BCUT2D eigenvalue weighted by Gasteiger charge is -2.68. The second-order valence-electron chi connectivity index (χ2n) is 9.23. The van der Waals surface area contributed by atoms with Gasteiger partial charge in [-0.15, -0.1) is 0 Å². The van der Waals surface area contributed by atoms with Crippen LogP contribution in [0.1, 0.15) is 64.5 Å². The van der Waals surface area contributed by atoms with Crippen LogP contribution in [0.5, 0.6) is 0 Å². The summed E-state index contributed by atoms with van der Waals surface area (Å²) in [6, 6.07) is 1.69. The number of hydrogen-bond acceptors (Lipinski definition) is 7. The highest BCUT2D eigenvalue weighted by Gasteiger charge is 2.80. The zero-order valence-corrected chi connectivity index (χ0v) is 15.9. The largest absolute Gasteiger partial charge is 0.472 e. The second-order valence-corrected chi connectivity index (χ2v) is 9.23. The van der Waals surface area contributed by atoms with Crippen LogP contribution in [0.4, 0.5) is 0 Å². The lowest BCUT2D eigenvalue weighted by atomic mass is 9.39. The normalized spacial score (nSPS) is 52.6. The van der Waals surface area contributed by atoms with Crippen molar-refractivity contribution in [2.24, 2.45) is 10.8 Å². The highest BCUT2D eigenvalue weighted by molar-refractivity contribution is 5.83. The number of aliphatic hydroxyl groups excluding tert-OH is 1. The minimum atomic E-state index is -1.74. The highest BCUT2D eigenvalue weighted by Crippen LogP contribution is 2.70. The summed E-state index contributed by atoms with van der Waals surface area (Å²) >= 11 is 0. The summed E-state index contributed by atoms with van der Waals surface area (Å²) in [5.41, 5.74) is -7.01. The van der Waals surface area contributed by atoms with E-state index in [9.17, 15) is 25.2 Å². The van der Waals surface area contributed by atoms with E-state index in [2.05, 4.69) is 0 Å². The Morgan fingerprint density at radius 3 is 2.44 bits per heavy atom. The zero-order valence-electron chi connectivity index (χ0n) is 15.9. The SMILES string of the molecule is CC1(O)CCC2(C)C(C)(O)C(O)CCC2(O)C12CC(c1ccoc1)OC2=O. The molecule has 1 aliphatic heterocycles. The van der Waals surface area contributed by atoms with Gasteiger partial charge >= 0.3 is 5.97 Å². The van der Waals surface area contributed by atoms with Crippen LogP contribution in [0.25, 0.3) is 0 Å². The first kappa shape index (κ1) is 18.9. The molecule has 2 heterocycles. The molecule has 0 bridgehead atoms. The minimum Gasteiger partial charge on any atom is -0.472 e. The fraction of sp³-hybridized carbons (Fsp3) is 0.750. The molecule has 0 radical (unpaired) electrons. The summed E-state index contributed by atoms with van der Waals surface area (Å²) in [7, 11) is 0. The van der Waals surface area contributed by atoms with Gasteiger partial charge < -0.3 is 29.6 Å². The number of hydrogen-bond donors (Lipinski definition) is 4. The summed E-state index contributed by atoms with van der Waals surface area (Å²) in [6.07, 6.45) is 2.05. The Labute approximate surface area is 157 Å². The van der Waals surface area contributed by atoms with Crippen molar-refractivity contribution >= 4 is 5.97 Å². The van der Waals surface area contributed by atoms with Crippen LogP contribution in [0.3, 0.4) is 0 Å². The third kappa shape index (κ3) is 1.98. The van der Waals surface area contributed by atoms with Gasteiger partial charge in [0.1, 0.15) is 11.5 Å². The molecule has 4 rings (SSSR count). The summed E-state index contributed by atoms with van der Waals surface area (Å²) in [6.45, 7) is 4.76. The number of esters is 1. The predicted octanol–water partition coefficient (Wildman–Crippen LogP) is 1.44. The molecule has 1 saturated heterocycles. The van der Waals surface area contributed by atoms with Crippen molar-refractivity contribution in [2.75, 3.05) is 0 Å². The number of rotatable bonds is 1. The van der Waals surface area contributed by atoms with Gasteiger partial charge in [0.15, 0.2) is 0 Å². The van der Waals surface area contributed by atoms with Crippen molar-refractivity contribution in [2.45, 2.75) is 81.9 Å². The molecule has 7 heteroatoms. The van der Waals surface area contributed by atoms with Crippen LogP contribution >= 0.6 is 0 Å². The lowest BCUT2D eigenvalue weighted by Crippen LogP contribution is -2.79. The van der Waals surface area contributed by atoms with Crippen LogP contribution in [-0.4, -0.2) is 49.3 Å². The van der Waals surface area contributed by atoms with E-state index in [-0.39, 0.29) is 32.1 Å².